The van der Waals surface area contributed by atoms with Crippen LogP contribution in [0, 0.1) is 0 Å². The SMILES string of the molecule is C.O=Cc1ncc(Br)cc1O.O=Cc1ncc(Br)cc1OCc1ccccc1.[Cl][Fe]([Cl])[Cl]. The first-order valence-corrected chi connectivity index (χ1v) is 14.1. The second kappa shape index (κ2) is 17.3. The fourth-order valence-corrected chi connectivity index (χ4v) is 2.53. The van der Waals surface area contributed by atoms with E-state index in [0.717, 1.165) is 10.0 Å². The number of aldehydes is 2. The Kier molecular flexibility index (Phi) is 16.7. The molecule has 0 aliphatic rings. The van der Waals surface area contributed by atoms with Crippen molar-refractivity contribution in [3.05, 3.63) is 80.8 Å². The van der Waals surface area contributed by atoms with Gasteiger partial charge in [-0.25, -0.2) is 9.97 Å². The van der Waals surface area contributed by atoms with E-state index >= 15 is 0 Å². The third-order valence-corrected chi connectivity index (χ3v) is 4.04. The average Bonchev–Trinajstić information content (AvgIpc) is 2.73. The zero-order valence-electron chi connectivity index (χ0n) is 15.4. The standard InChI is InChI=1S/C13H10BrNO2.C6H4BrNO2.CH4.3ClH.Fe/c14-11-6-13(12(8-16)15-7-11)17-9-10-4-2-1-3-5-10;7-4-1-6(10)5(3-9)8-2-4;;;;;/h1-8H,9H2;1-3,10H;1H4;3*1H;/q;;;;;;+3/p-3. The molecular formula is C20H18Br2Cl3FeN2O4. The number of halogens is 5. The first-order valence-electron chi connectivity index (χ1n) is 8.00. The number of benzene rings is 1. The number of pyridine rings is 2. The molecule has 0 saturated heterocycles. The van der Waals surface area contributed by atoms with Crippen LogP contribution in [0.4, 0.5) is 0 Å². The van der Waals surface area contributed by atoms with Crippen LogP contribution in [-0.2, 0) is 17.8 Å². The average molecular weight is 672 g/mol. The summed E-state index contributed by atoms with van der Waals surface area (Å²) >= 11 is 5.05. The van der Waals surface area contributed by atoms with Crippen LogP contribution < -0.4 is 4.74 Å². The topological polar surface area (TPSA) is 89.4 Å². The van der Waals surface area contributed by atoms with Crippen LogP contribution in [0.15, 0.2) is 63.8 Å². The van der Waals surface area contributed by atoms with Crippen LogP contribution in [-0.4, -0.2) is 27.6 Å². The number of carbonyl (C=O) groups excluding carboxylic acids is 2. The Hall–Kier alpha value is -1.19. The molecule has 1 aromatic carbocycles. The van der Waals surface area contributed by atoms with Crippen molar-refractivity contribution in [3.8, 4) is 11.5 Å². The molecule has 0 bridgehead atoms. The van der Waals surface area contributed by atoms with E-state index in [1.165, 1.54) is 12.3 Å². The summed E-state index contributed by atoms with van der Waals surface area (Å²) in [4.78, 5) is 28.5. The fraction of sp³-hybridized carbons (Fsp3) is 0.100. The Morgan fingerprint density at radius 1 is 0.938 bits per heavy atom. The Balaban J connectivity index is 0.000000546. The predicted molar refractivity (Wildman–Crippen MR) is 131 cm³/mol. The van der Waals surface area contributed by atoms with Gasteiger partial charge in [-0.15, -0.1) is 0 Å². The molecular weight excluding hydrogens is 654 g/mol. The molecule has 3 rings (SSSR count). The maximum absolute atomic E-state index is 10.8. The molecule has 0 spiro atoms. The number of hydrogen-bond donors (Lipinski definition) is 1. The van der Waals surface area contributed by atoms with Gasteiger partial charge in [0.1, 0.15) is 29.5 Å². The van der Waals surface area contributed by atoms with E-state index in [0.29, 0.717) is 35.1 Å². The van der Waals surface area contributed by atoms with Crippen molar-refractivity contribution in [1.29, 1.82) is 0 Å². The second-order valence-electron chi connectivity index (χ2n) is 5.26. The van der Waals surface area contributed by atoms with Crippen molar-refractivity contribution < 1.29 is 30.6 Å². The molecule has 0 aliphatic carbocycles. The first kappa shape index (κ1) is 30.8. The van der Waals surface area contributed by atoms with Gasteiger partial charge in [0.25, 0.3) is 0 Å². The molecule has 32 heavy (non-hydrogen) atoms. The summed E-state index contributed by atoms with van der Waals surface area (Å²) in [5.74, 6) is 0.377. The van der Waals surface area contributed by atoms with E-state index in [9.17, 15) is 9.59 Å². The third kappa shape index (κ3) is 12.7. The normalized spacial score (nSPS) is 9.59. The molecule has 0 amide bonds. The fourth-order valence-electron chi connectivity index (χ4n) is 1.90. The summed E-state index contributed by atoms with van der Waals surface area (Å²) in [7, 11) is 14.7. The van der Waals surface area contributed by atoms with Gasteiger partial charge < -0.3 is 9.84 Å². The van der Waals surface area contributed by atoms with E-state index < -0.39 is 11.2 Å². The van der Waals surface area contributed by atoms with E-state index in [4.69, 9.17) is 40.1 Å². The summed E-state index contributed by atoms with van der Waals surface area (Å²) in [6.07, 6.45) is 4.21. The molecule has 3 aromatic rings. The number of nitrogens with zero attached hydrogens (tertiary/aromatic N) is 2. The Labute approximate surface area is 220 Å². The van der Waals surface area contributed by atoms with Crippen LogP contribution in [0.2, 0.25) is 0 Å². The van der Waals surface area contributed by atoms with Crippen molar-refractivity contribution in [2.45, 2.75) is 14.0 Å². The summed E-state index contributed by atoms with van der Waals surface area (Å²) in [5.41, 5.74) is 1.41. The number of rotatable bonds is 5. The van der Waals surface area contributed by atoms with Crippen molar-refractivity contribution in [1.82, 2.24) is 9.97 Å². The minimum absolute atomic E-state index is 0. The predicted octanol–water partition coefficient (Wildman–Crippen LogP) is 7.30. The van der Waals surface area contributed by atoms with Crippen LogP contribution in [0.3, 0.4) is 0 Å². The molecule has 0 radical (unpaired) electrons. The summed E-state index contributed by atoms with van der Waals surface area (Å²) in [6.45, 7) is 0.416. The van der Waals surface area contributed by atoms with Crippen LogP contribution in [0.1, 0.15) is 34.0 Å². The molecule has 6 nitrogen and oxygen atoms in total. The monoisotopic (exact) mass is 669 g/mol. The minimum atomic E-state index is -1.33. The van der Waals surface area contributed by atoms with Gasteiger partial charge in [-0.2, -0.15) is 0 Å². The second-order valence-corrected chi connectivity index (χ2v) is 12.6. The van der Waals surface area contributed by atoms with Crippen molar-refractivity contribution in [3.63, 3.8) is 0 Å². The number of aromatic nitrogens is 2. The van der Waals surface area contributed by atoms with E-state index in [-0.39, 0.29) is 18.9 Å². The molecule has 0 fully saturated rings. The van der Waals surface area contributed by atoms with E-state index in [2.05, 4.69) is 41.8 Å². The Morgan fingerprint density at radius 3 is 1.94 bits per heavy atom. The van der Waals surface area contributed by atoms with Crippen molar-refractivity contribution in [2.24, 2.45) is 0 Å². The molecule has 0 unspecified atom stereocenters. The molecule has 12 heteroatoms. The maximum atomic E-state index is 10.8. The Morgan fingerprint density at radius 2 is 1.44 bits per heavy atom. The number of ether oxygens (including phenoxy) is 1. The van der Waals surface area contributed by atoms with Crippen LogP contribution in [0.5, 0.6) is 11.5 Å². The first-order chi connectivity index (χ1) is 14.8. The van der Waals surface area contributed by atoms with Crippen molar-refractivity contribution >= 4 is 74.7 Å². The van der Waals surface area contributed by atoms with Gasteiger partial charge in [0.2, 0.25) is 0 Å². The zero-order valence-corrected chi connectivity index (χ0v) is 21.9. The number of hydrogen-bond acceptors (Lipinski definition) is 6. The van der Waals surface area contributed by atoms with Crippen LogP contribution >= 0.6 is 62.2 Å². The van der Waals surface area contributed by atoms with Gasteiger partial charge in [-0.05, 0) is 49.6 Å². The molecule has 2 heterocycles. The quantitative estimate of drug-likeness (QED) is 0.226. The molecule has 0 atom stereocenters. The summed E-state index contributed by atoms with van der Waals surface area (Å²) in [6, 6.07) is 12.9. The van der Waals surface area contributed by atoms with Gasteiger partial charge >= 0.3 is 41.5 Å². The summed E-state index contributed by atoms with van der Waals surface area (Å²) in [5, 5.41) is 8.97. The molecule has 175 valence electrons. The van der Waals surface area contributed by atoms with Crippen molar-refractivity contribution in [2.75, 3.05) is 0 Å². The number of carbonyl (C=O) groups is 2. The van der Waals surface area contributed by atoms with Crippen LogP contribution in [0.25, 0.3) is 0 Å². The van der Waals surface area contributed by atoms with E-state index in [1.807, 2.05) is 30.3 Å². The number of aromatic hydroxyl groups is 1. The third-order valence-electron chi connectivity index (χ3n) is 3.17. The molecule has 1 N–H and O–H groups in total. The molecule has 0 aliphatic heterocycles. The van der Waals surface area contributed by atoms with Gasteiger partial charge in [0, 0.05) is 21.3 Å². The molecule has 0 saturated carbocycles. The van der Waals surface area contributed by atoms with Gasteiger partial charge in [-0.3, -0.25) is 9.59 Å². The van der Waals surface area contributed by atoms with E-state index in [1.54, 1.807) is 12.3 Å². The Bertz CT molecular complexity index is 984. The summed E-state index contributed by atoms with van der Waals surface area (Å²) < 4.78 is 7.00. The zero-order chi connectivity index (χ0) is 23.2. The molecule has 2 aromatic heterocycles. The van der Waals surface area contributed by atoms with Gasteiger partial charge in [-0.1, -0.05) is 37.8 Å². The van der Waals surface area contributed by atoms with Gasteiger partial charge in [0.15, 0.2) is 12.6 Å². The van der Waals surface area contributed by atoms with Gasteiger partial charge in [0.05, 0.1) is 0 Å².